The van der Waals surface area contributed by atoms with Crippen molar-refractivity contribution in [1.29, 1.82) is 0 Å². The van der Waals surface area contributed by atoms with Gasteiger partial charge in [0.2, 0.25) is 0 Å². The molecule has 13 aromatic rings. The fourth-order valence-electron chi connectivity index (χ4n) is 10.3. The van der Waals surface area contributed by atoms with Crippen molar-refractivity contribution in [2.75, 3.05) is 4.90 Å². The molecule has 0 amide bonds. The zero-order valence-electron chi connectivity index (χ0n) is 37.6. The fourth-order valence-corrected chi connectivity index (χ4v) is 12.8. The van der Waals surface area contributed by atoms with E-state index in [0.717, 1.165) is 17.1 Å². The van der Waals surface area contributed by atoms with Gasteiger partial charge in [-0.3, -0.25) is 0 Å². The van der Waals surface area contributed by atoms with E-state index >= 15 is 0 Å². The summed E-state index contributed by atoms with van der Waals surface area (Å²) in [6.07, 6.45) is 0. The summed E-state index contributed by atoms with van der Waals surface area (Å²) in [7, 11) is 0. The second-order valence-electron chi connectivity index (χ2n) is 17.5. The Bertz CT molecular complexity index is 3980. The first kappa shape index (κ1) is 40.9. The summed E-state index contributed by atoms with van der Waals surface area (Å²) in [5.74, 6) is 0. The lowest BCUT2D eigenvalue weighted by Gasteiger charge is -2.27. The van der Waals surface area contributed by atoms with Crippen molar-refractivity contribution < 1.29 is 0 Å². The van der Waals surface area contributed by atoms with Gasteiger partial charge in [-0.15, -0.1) is 22.7 Å². The maximum atomic E-state index is 2.47. The van der Waals surface area contributed by atoms with Gasteiger partial charge in [0.1, 0.15) is 0 Å². The van der Waals surface area contributed by atoms with Gasteiger partial charge < -0.3 is 4.90 Å². The van der Waals surface area contributed by atoms with E-state index in [1.54, 1.807) is 0 Å². The van der Waals surface area contributed by atoms with Gasteiger partial charge >= 0.3 is 0 Å². The molecule has 2 aromatic heterocycles. The zero-order chi connectivity index (χ0) is 45.7. The Morgan fingerprint density at radius 3 is 1.35 bits per heavy atom. The standard InChI is InChI=1S/C66H43NS2/c1-4-17-45(18-5-1)52-23-10-12-25-56(52)57-26-13-11-24-53(57)48-33-38-51(39-34-48)67(50-36-31-44(32-37-50)49-35-40-59-58-27-14-15-30-62(58)68-63(59)43-49)61-42-41-54(46-19-6-2-7-20-46)64-60-29-16-28-55(65(60)69-66(61)64)47-21-8-3-9-22-47/h1-43H. The average molecular weight is 914 g/mol. The van der Waals surface area contributed by atoms with Crippen LogP contribution in [0.2, 0.25) is 0 Å². The summed E-state index contributed by atoms with van der Waals surface area (Å²) in [5, 5.41) is 5.18. The third-order valence-corrected chi connectivity index (χ3v) is 15.9. The Morgan fingerprint density at radius 1 is 0.246 bits per heavy atom. The highest BCUT2D eigenvalue weighted by Crippen LogP contribution is 2.51. The lowest BCUT2D eigenvalue weighted by molar-refractivity contribution is 1.30. The molecule has 2 heterocycles. The van der Waals surface area contributed by atoms with E-state index in [4.69, 9.17) is 0 Å². The van der Waals surface area contributed by atoms with Crippen LogP contribution in [0.15, 0.2) is 261 Å². The molecular weight excluding hydrogens is 871 g/mol. The molecule has 1 nitrogen and oxygen atoms in total. The Balaban J connectivity index is 0.983. The summed E-state index contributed by atoms with van der Waals surface area (Å²) >= 11 is 3.76. The van der Waals surface area contributed by atoms with Gasteiger partial charge in [0.15, 0.2) is 0 Å². The molecule has 0 bridgehead atoms. The number of rotatable bonds is 9. The quantitative estimate of drug-likeness (QED) is 0.139. The first-order chi connectivity index (χ1) is 34.2. The minimum Gasteiger partial charge on any atom is -0.309 e. The highest BCUT2D eigenvalue weighted by atomic mass is 32.1. The van der Waals surface area contributed by atoms with E-state index < -0.39 is 0 Å². The molecule has 0 unspecified atom stereocenters. The number of nitrogens with zero attached hydrogens (tertiary/aromatic N) is 1. The topological polar surface area (TPSA) is 3.24 Å². The van der Waals surface area contributed by atoms with Crippen LogP contribution in [0.4, 0.5) is 17.1 Å². The second-order valence-corrected chi connectivity index (χ2v) is 19.7. The molecule has 11 aromatic carbocycles. The Labute approximate surface area is 410 Å². The third-order valence-electron chi connectivity index (χ3n) is 13.5. The third kappa shape index (κ3) is 7.32. The van der Waals surface area contributed by atoms with Crippen molar-refractivity contribution in [3.05, 3.63) is 261 Å². The van der Waals surface area contributed by atoms with Crippen LogP contribution in [0.3, 0.4) is 0 Å². The van der Waals surface area contributed by atoms with Gasteiger partial charge in [0.05, 0.1) is 10.4 Å². The molecule has 69 heavy (non-hydrogen) atoms. The van der Waals surface area contributed by atoms with E-state index in [9.17, 15) is 0 Å². The molecule has 0 saturated heterocycles. The molecule has 0 aliphatic rings. The van der Waals surface area contributed by atoms with E-state index in [1.165, 1.54) is 107 Å². The lowest BCUT2D eigenvalue weighted by Crippen LogP contribution is -2.10. The molecule has 324 valence electrons. The normalized spacial score (nSPS) is 11.5. The molecule has 0 saturated carbocycles. The van der Waals surface area contributed by atoms with Crippen LogP contribution in [-0.4, -0.2) is 0 Å². The van der Waals surface area contributed by atoms with Crippen LogP contribution in [0.1, 0.15) is 0 Å². The maximum absolute atomic E-state index is 2.47. The Kier molecular flexibility index (Phi) is 10.3. The molecule has 0 radical (unpaired) electrons. The van der Waals surface area contributed by atoms with Gasteiger partial charge in [0.25, 0.3) is 0 Å². The predicted molar refractivity (Wildman–Crippen MR) is 300 cm³/mol. The molecule has 0 fully saturated rings. The Hall–Kier alpha value is -8.34. The van der Waals surface area contributed by atoms with Crippen LogP contribution >= 0.6 is 22.7 Å². The van der Waals surface area contributed by atoms with E-state index in [0.29, 0.717) is 0 Å². The number of anilines is 3. The SMILES string of the molecule is c1ccc(-c2ccccc2-c2ccccc2-c2ccc(N(c3ccc(-c4ccc5c(c4)sc4ccccc45)cc3)c3ccc(-c4ccccc4)c4c3sc3c(-c5ccccc5)cccc34)cc2)cc1. The Morgan fingerprint density at radius 2 is 0.710 bits per heavy atom. The second kappa shape index (κ2) is 17.4. The van der Waals surface area contributed by atoms with E-state index in [2.05, 4.69) is 266 Å². The van der Waals surface area contributed by atoms with Crippen molar-refractivity contribution in [2.45, 2.75) is 0 Å². The van der Waals surface area contributed by atoms with E-state index in [-0.39, 0.29) is 0 Å². The predicted octanol–water partition coefficient (Wildman–Crippen LogP) is 19.9. The summed E-state index contributed by atoms with van der Waals surface area (Å²) in [6, 6.07) is 95.5. The molecule has 0 N–H and O–H groups in total. The highest BCUT2D eigenvalue weighted by Gasteiger charge is 2.23. The van der Waals surface area contributed by atoms with Gasteiger partial charge in [-0.1, -0.05) is 218 Å². The largest absolute Gasteiger partial charge is 0.309 e. The molecule has 3 heteroatoms. The number of hydrogen-bond donors (Lipinski definition) is 0. The summed E-state index contributed by atoms with van der Waals surface area (Å²) < 4.78 is 5.17. The average Bonchev–Trinajstić information content (AvgIpc) is 4.01. The van der Waals surface area contributed by atoms with Crippen molar-refractivity contribution >= 4 is 80.1 Å². The summed E-state index contributed by atoms with van der Waals surface area (Å²) in [6.45, 7) is 0. The molecule has 0 aliphatic carbocycles. The van der Waals surface area contributed by atoms with Gasteiger partial charge in [-0.25, -0.2) is 0 Å². The number of hydrogen-bond acceptors (Lipinski definition) is 3. The van der Waals surface area contributed by atoms with Crippen LogP contribution in [-0.2, 0) is 0 Å². The first-order valence-electron chi connectivity index (χ1n) is 23.5. The number of benzene rings is 11. The molecule has 0 spiro atoms. The lowest BCUT2D eigenvalue weighted by atomic mass is 9.89. The number of thiophene rings is 2. The van der Waals surface area contributed by atoms with Crippen LogP contribution in [0, 0.1) is 0 Å². The minimum absolute atomic E-state index is 1.09. The van der Waals surface area contributed by atoms with Crippen molar-refractivity contribution in [3.8, 4) is 66.8 Å². The summed E-state index contributed by atoms with van der Waals surface area (Å²) in [4.78, 5) is 2.47. The summed E-state index contributed by atoms with van der Waals surface area (Å²) in [5.41, 5.74) is 17.9. The van der Waals surface area contributed by atoms with Crippen LogP contribution < -0.4 is 4.90 Å². The van der Waals surface area contributed by atoms with Gasteiger partial charge in [-0.05, 0) is 109 Å². The van der Waals surface area contributed by atoms with Crippen LogP contribution in [0.5, 0.6) is 0 Å². The monoisotopic (exact) mass is 913 g/mol. The number of fused-ring (bicyclic) bond motifs is 6. The fraction of sp³-hybridized carbons (Fsp3) is 0. The highest BCUT2D eigenvalue weighted by molar-refractivity contribution is 7.27. The zero-order valence-corrected chi connectivity index (χ0v) is 39.2. The molecular formula is C66H43NS2. The van der Waals surface area contributed by atoms with E-state index in [1.807, 2.05) is 22.7 Å². The minimum atomic E-state index is 1.09. The first-order valence-corrected chi connectivity index (χ1v) is 25.1. The molecule has 0 aliphatic heterocycles. The van der Waals surface area contributed by atoms with Gasteiger partial charge in [0, 0.05) is 47.0 Å². The molecule has 13 rings (SSSR count). The maximum Gasteiger partial charge on any atom is 0.0640 e. The van der Waals surface area contributed by atoms with Crippen molar-refractivity contribution in [2.24, 2.45) is 0 Å². The van der Waals surface area contributed by atoms with Crippen molar-refractivity contribution in [3.63, 3.8) is 0 Å². The van der Waals surface area contributed by atoms with Crippen molar-refractivity contribution in [1.82, 2.24) is 0 Å². The van der Waals surface area contributed by atoms with Gasteiger partial charge in [-0.2, -0.15) is 0 Å². The smallest absolute Gasteiger partial charge is 0.0640 e. The molecule has 0 atom stereocenters. The van der Waals surface area contributed by atoms with Crippen LogP contribution in [0.25, 0.3) is 107 Å².